The van der Waals surface area contributed by atoms with E-state index >= 15 is 0 Å². The second-order valence-electron chi connectivity index (χ2n) is 7.96. The molecular weight excluding hydrogens is 508 g/mol. The highest BCUT2D eigenvalue weighted by Crippen LogP contribution is 2.45. The summed E-state index contributed by atoms with van der Waals surface area (Å²) in [6.07, 6.45) is 0. The highest BCUT2D eigenvalue weighted by molar-refractivity contribution is 6.51. The third-order valence-corrected chi connectivity index (χ3v) is 6.15. The predicted molar refractivity (Wildman–Crippen MR) is 133 cm³/mol. The second kappa shape index (κ2) is 10.5. The number of rotatable bonds is 7. The minimum atomic E-state index is -1.29. The van der Waals surface area contributed by atoms with Gasteiger partial charge in [0, 0.05) is 11.6 Å². The molecular formula is C27H22ClF2NO6. The molecule has 1 N–H and O–H groups in total. The van der Waals surface area contributed by atoms with Gasteiger partial charge in [0.1, 0.15) is 23.1 Å². The summed E-state index contributed by atoms with van der Waals surface area (Å²) in [5.41, 5.74) is -0.197. The Morgan fingerprint density at radius 2 is 1.70 bits per heavy atom. The van der Waals surface area contributed by atoms with Crippen molar-refractivity contribution in [2.45, 2.75) is 13.0 Å². The lowest BCUT2D eigenvalue weighted by atomic mass is 9.94. The molecule has 0 radical (unpaired) electrons. The fraction of sp³-hybridized carbons (Fsp3) is 0.185. The van der Waals surface area contributed by atoms with Gasteiger partial charge in [0.25, 0.3) is 11.7 Å². The molecule has 1 aliphatic rings. The average Bonchev–Trinajstić information content (AvgIpc) is 3.14. The zero-order chi connectivity index (χ0) is 26.9. The molecule has 0 bridgehead atoms. The van der Waals surface area contributed by atoms with E-state index in [0.29, 0.717) is 23.1 Å². The van der Waals surface area contributed by atoms with Gasteiger partial charge in [-0.2, -0.15) is 0 Å². The maximum absolute atomic E-state index is 14.9. The van der Waals surface area contributed by atoms with Crippen molar-refractivity contribution in [3.63, 3.8) is 0 Å². The summed E-state index contributed by atoms with van der Waals surface area (Å²) in [6, 6.07) is 10.3. The highest BCUT2D eigenvalue weighted by atomic mass is 35.5. The van der Waals surface area contributed by atoms with Crippen LogP contribution in [0.4, 0.5) is 14.5 Å². The van der Waals surface area contributed by atoms with E-state index in [9.17, 15) is 23.5 Å². The lowest BCUT2D eigenvalue weighted by Gasteiger charge is -2.26. The number of aliphatic hydroxyl groups is 1. The monoisotopic (exact) mass is 529 g/mol. The summed E-state index contributed by atoms with van der Waals surface area (Å²) in [5, 5.41) is 11.5. The van der Waals surface area contributed by atoms with Crippen LogP contribution in [0.5, 0.6) is 17.2 Å². The first-order valence-corrected chi connectivity index (χ1v) is 11.5. The molecule has 1 fully saturated rings. The van der Waals surface area contributed by atoms with Gasteiger partial charge in [-0.05, 0) is 55.0 Å². The summed E-state index contributed by atoms with van der Waals surface area (Å²) in [5.74, 6) is -3.69. The zero-order valence-electron chi connectivity index (χ0n) is 20.1. The molecule has 37 heavy (non-hydrogen) atoms. The van der Waals surface area contributed by atoms with Crippen LogP contribution in [0, 0.1) is 11.6 Å². The second-order valence-corrected chi connectivity index (χ2v) is 8.36. The number of nitrogens with zero attached hydrogens (tertiary/aromatic N) is 1. The largest absolute Gasteiger partial charge is 0.507 e. The number of benzene rings is 3. The van der Waals surface area contributed by atoms with E-state index in [1.807, 2.05) is 0 Å². The van der Waals surface area contributed by atoms with Crippen LogP contribution < -0.4 is 19.1 Å². The number of hydrogen-bond acceptors (Lipinski definition) is 6. The van der Waals surface area contributed by atoms with Gasteiger partial charge in [0.05, 0.1) is 43.2 Å². The maximum Gasteiger partial charge on any atom is 0.300 e. The fourth-order valence-corrected chi connectivity index (χ4v) is 4.36. The van der Waals surface area contributed by atoms with Gasteiger partial charge in [-0.1, -0.05) is 17.7 Å². The number of ketones is 1. The molecule has 0 aliphatic carbocycles. The Bertz CT molecular complexity index is 1420. The minimum absolute atomic E-state index is 0.141. The Balaban J connectivity index is 1.99. The summed E-state index contributed by atoms with van der Waals surface area (Å²) >= 11 is 6.10. The summed E-state index contributed by atoms with van der Waals surface area (Å²) in [4.78, 5) is 27.4. The van der Waals surface area contributed by atoms with Crippen molar-refractivity contribution in [3.8, 4) is 17.2 Å². The quantitative estimate of drug-likeness (QED) is 0.241. The summed E-state index contributed by atoms with van der Waals surface area (Å²) in [6.45, 7) is 2.05. The summed E-state index contributed by atoms with van der Waals surface area (Å²) < 4.78 is 44.7. The molecule has 10 heteroatoms. The molecule has 7 nitrogen and oxygen atoms in total. The van der Waals surface area contributed by atoms with E-state index in [4.69, 9.17) is 25.8 Å². The number of methoxy groups -OCH3 is 2. The topological polar surface area (TPSA) is 85.3 Å². The van der Waals surface area contributed by atoms with Crippen LogP contribution in [0.1, 0.15) is 24.1 Å². The van der Waals surface area contributed by atoms with Crippen molar-refractivity contribution in [3.05, 3.63) is 88.0 Å². The third kappa shape index (κ3) is 4.70. The van der Waals surface area contributed by atoms with Crippen LogP contribution in [0.15, 0.2) is 60.2 Å². The van der Waals surface area contributed by atoms with Crippen LogP contribution in [0.25, 0.3) is 5.76 Å². The van der Waals surface area contributed by atoms with E-state index in [0.717, 1.165) is 17.0 Å². The fourth-order valence-electron chi connectivity index (χ4n) is 4.17. The Labute approximate surface area is 216 Å². The standard InChI is InChI=1S/C27H22ClF2NO6/c1-4-37-22-11-14(6-10-20(22)35-2)24-23(25(32)15-5-8-17(28)21(12-15)36-3)26(33)27(34)31(24)19-9-7-16(29)13-18(19)30/h5-13,24,32H,4H2,1-3H3/b25-23+. The van der Waals surface area contributed by atoms with Gasteiger partial charge in [-0.15, -0.1) is 0 Å². The van der Waals surface area contributed by atoms with Gasteiger partial charge in [0.15, 0.2) is 11.5 Å². The van der Waals surface area contributed by atoms with Gasteiger partial charge < -0.3 is 19.3 Å². The molecule has 0 saturated carbocycles. The number of hydrogen-bond donors (Lipinski definition) is 1. The lowest BCUT2D eigenvalue weighted by Crippen LogP contribution is -2.30. The van der Waals surface area contributed by atoms with Crippen molar-refractivity contribution in [1.82, 2.24) is 0 Å². The molecule has 1 heterocycles. The van der Waals surface area contributed by atoms with Gasteiger partial charge in [-0.25, -0.2) is 8.78 Å². The molecule has 3 aromatic rings. The number of ether oxygens (including phenoxy) is 3. The van der Waals surface area contributed by atoms with Crippen molar-refractivity contribution in [2.24, 2.45) is 0 Å². The number of aliphatic hydroxyl groups excluding tert-OH is 1. The third-order valence-electron chi connectivity index (χ3n) is 5.84. The molecule has 0 spiro atoms. The minimum Gasteiger partial charge on any atom is -0.507 e. The van der Waals surface area contributed by atoms with E-state index in [-0.39, 0.29) is 34.2 Å². The zero-order valence-corrected chi connectivity index (χ0v) is 20.8. The molecule has 192 valence electrons. The molecule has 1 unspecified atom stereocenters. The Hall–Kier alpha value is -4.11. The number of Topliss-reactive ketones (excluding diaryl/α,β-unsaturated/α-hetero) is 1. The molecule has 1 atom stereocenters. The van der Waals surface area contributed by atoms with Gasteiger partial charge in [0.2, 0.25) is 0 Å². The van der Waals surface area contributed by atoms with E-state index < -0.39 is 35.1 Å². The van der Waals surface area contributed by atoms with Crippen LogP contribution in [0.2, 0.25) is 5.02 Å². The lowest BCUT2D eigenvalue weighted by molar-refractivity contribution is -0.132. The van der Waals surface area contributed by atoms with Gasteiger partial charge >= 0.3 is 0 Å². The van der Waals surface area contributed by atoms with Crippen LogP contribution in [-0.4, -0.2) is 37.6 Å². The molecule has 3 aromatic carbocycles. The molecule has 4 rings (SSSR count). The molecule has 1 amide bonds. The summed E-state index contributed by atoms with van der Waals surface area (Å²) in [7, 11) is 2.83. The predicted octanol–water partition coefficient (Wildman–Crippen LogP) is 5.66. The molecule has 1 saturated heterocycles. The first kappa shape index (κ1) is 26.0. The molecule has 1 aliphatic heterocycles. The number of halogens is 3. The highest BCUT2D eigenvalue weighted by Gasteiger charge is 2.48. The Morgan fingerprint density at radius 3 is 2.35 bits per heavy atom. The number of amides is 1. The van der Waals surface area contributed by atoms with Crippen molar-refractivity contribution in [1.29, 1.82) is 0 Å². The van der Waals surface area contributed by atoms with Crippen LogP contribution >= 0.6 is 11.6 Å². The van der Waals surface area contributed by atoms with Crippen LogP contribution in [-0.2, 0) is 9.59 Å². The first-order valence-electron chi connectivity index (χ1n) is 11.1. The van der Waals surface area contributed by atoms with E-state index in [1.54, 1.807) is 19.1 Å². The number of anilines is 1. The van der Waals surface area contributed by atoms with E-state index in [1.165, 1.54) is 38.5 Å². The van der Waals surface area contributed by atoms with E-state index in [2.05, 4.69) is 0 Å². The van der Waals surface area contributed by atoms with Crippen LogP contribution in [0.3, 0.4) is 0 Å². The first-order chi connectivity index (χ1) is 17.7. The smallest absolute Gasteiger partial charge is 0.300 e. The SMILES string of the molecule is CCOc1cc(C2/C(=C(\O)c3ccc(Cl)c(OC)c3)C(=O)C(=O)N2c2ccc(F)cc2F)ccc1OC. The average molecular weight is 530 g/mol. The normalized spacial score (nSPS) is 16.7. The molecule has 0 aromatic heterocycles. The number of carbonyl (C=O) groups excluding carboxylic acids is 2. The van der Waals surface area contributed by atoms with Gasteiger partial charge in [-0.3, -0.25) is 14.5 Å². The maximum atomic E-state index is 14.9. The Morgan fingerprint density at radius 1 is 0.973 bits per heavy atom. The van der Waals surface area contributed by atoms with Crippen molar-refractivity contribution in [2.75, 3.05) is 25.7 Å². The van der Waals surface area contributed by atoms with Crippen molar-refractivity contribution < 1.29 is 37.7 Å². The van der Waals surface area contributed by atoms with Crippen molar-refractivity contribution >= 4 is 34.7 Å². The number of carbonyl (C=O) groups is 2. The Kier molecular flexibility index (Phi) is 7.35.